The highest BCUT2D eigenvalue weighted by Crippen LogP contribution is 2.37. The number of phosphoric ester groups is 1. The van der Waals surface area contributed by atoms with Crippen LogP contribution in [0.5, 0.6) is 0 Å². The van der Waals surface area contributed by atoms with Gasteiger partial charge >= 0.3 is 7.82 Å². The number of aromatic nitrogens is 2. The quantitative estimate of drug-likeness (QED) is 0.142. The van der Waals surface area contributed by atoms with E-state index in [0.29, 0.717) is 17.8 Å². The van der Waals surface area contributed by atoms with Crippen molar-refractivity contribution in [2.24, 2.45) is 0 Å². The van der Waals surface area contributed by atoms with Crippen molar-refractivity contribution in [2.45, 2.75) is 26.8 Å². The van der Waals surface area contributed by atoms with Crippen LogP contribution in [0, 0.1) is 18.6 Å². The zero-order chi connectivity index (χ0) is 24.8. The van der Waals surface area contributed by atoms with Crippen LogP contribution in [-0.2, 0) is 20.4 Å². The molecule has 0 aliphatic heterocycles. The number of nitrogens with zero attached hydrogens (tertiary/aromatic N) is 3. The molecule has 5 N–H and O–H groups in total. The van der Waals surface area contributed by atoms with Crippen LogP contribution in [0.2, 0.25) is 0 Å². The molecule has 0 spiro atoms. The van der Waals surface area contributed by atoms with Crippen LogP contribution in [0.25, 0.3) is 0 Å². The van der Waals surface area contributed by atoms with Crippen LogP contribution < -0.4 is 5.73 Å². The average Bonchev–Trinajstić information content (AvgIpc) is 2.71. The van der Waals surface area contributed by atoms with Crippen LogP contribution >= 0.6 is 19.2 Å². The molecule has 0 aliphatic rings. The lowest BCUT2D eigenvalue weighted by atomic mass is 10.2. The molecule has 33 heavy (non-hydrogen) atoms. The second-order valence-corrected chi connectivity index (χ2v) is 9.13. The number of carbonyl (C=O) groups excluding carboxylic acids is 1. The monoisotopic (exact) mass is 504 g/mol. The number of hydrogen-bond acceptors (Lipinski definition) is 6. The Hall–Kier alpha value is -2.54. The summed E-state index contributed by atoms with van der Waals surface area (Å²) in [4.78, 5) is 39.1. The van der Waals surface area contributed by atoms with Gasteiger partial charge in [0, 0.05) is 28.8 Å². The Morgan fingerprint density at radius 3 is 2.52 bits per heavy atom. The molecule has 2 rings (SSSR count). The fraction of sp³-hybridized carbons (Fsp3) is 0.263. The third kappa shape index (κ3) is 7.77. The van der Waals surface area contributed by atoms with Gasteiger partial charge in [-0.2, -0.15) is 0 Å². The second kappa shape index (κ2) is 11.5. The first kappa shape index (κ1) is 26.7. The highest BCUT2D eigenvalue weighted by molar-refractivity contribution is 8.02. The molecule has 14 heteroatoms. The predicted octanol–water partition coefficient (Wildman–Crippen LogP) is 2.54. The number of thiol groups is 1. The number of allylic oxidation sites excluding steroid dienone is 1. The van der Waals surface area contributed by atoms with Crippen molar-refractivity contribution < 1.29 is 37.6 Å². The van der Waals surface area contributed by atoms with E-state index in [9.17, 15) is 23.2 Å². The summed E-state index contributed by atoms with van der Waals surface area (Å²) in [5, 5.41) is 9.73. The fourth-order valence-electron chi connectivity index (χ4n) is 2.69. The number of halogens is 2. The number of hydrogen-bond donors (Lipinski definition) is 5. The van der Waals surface area contributed by atoms with Crippen LogP contribution in [-0.4, -0.2) is 47.8 Å². The van der Waals surface area contributed by atoms with Crippen LogP contribution in [0.4, 0.5) is 14.6 Å². The van der Waals surface area contributed by atoms with Crippen molar-refractivity contribution in [1.29, 1.82) is 0 Å². The van der Waals surface area contributed by atoms with Gasteiger partial charge in [0.05, 0.1) is 18.7 Å². The lowest BCUT2D eigenvalue weighted by Crippen LogP contribution is -2.22. The van der Waals surface area contributed by atoms with Gasteiger partial charge in [-0.25, -0.2) is 23.3 Å². The molecule has 1 amide bonds. The molecule has 1 heterocycles. The summed E-state index contributed by atoms with van der Waals surface area (Å²) in [7, 11) is -4.79. The summed E-state index contributed by atoms with van der Waals surface area (Å²) in [6.45, 7) is 2.58. The normalized spacial score (nSPS) is 13.2. The van der Waals surface area contributed by atoms with Gasteiger partial charge < -0.3 is 25.5 Å². The van der Waals surface area contributed by atoms with E-state index in [1.807, 2.05) is 0 Å². The van der Waals surface area contributed by atoms with E-state index in [1.54, 1.807) is 6.92 Å². The SMILES string of the molecule is C/C(=C(CCOP(=O)(O)O)/[SH]=C(\O)c1c(F)cccc1F)N(C=O)Cc1cnc(C)nc1N. The number of anilines is 1. The summed E-state index contributed by atoms with van der Waals surface area (Å²) < 4.78 is 43.6. The number of aryl methyl sites for hydroxylation is 1. The number of nitrogen functional groups attached to an aromatic ring is 1. The topological polar surface area (TPSA) is 159 Å². The maximum Gasteiger partial charge on any atom is 0.469 e. The van der Waals surface area contributed by atoms with E-state index in [0.717, 1.165) is 18.2 Å². The molecule has 0 saturated carbocycles. The molecule has 0 radical (unpaired) electrons. The van der Waals surface area contributed by atoms with Gasteiger partial charge in [0.2, 0.25) is 6.41 Å². The third-order valence-electron chi connectivity index (χ3n) is 4.36. The predicted molar refractivity (Wildman–Crippen MR) is 120 cm³/mol. The van der Waals surface area contributed by atoms with Crippen molar-refractivity contribution in [3.63, 3.8) is 0 Å². The highest BCUT2D eigenvalue weighted by atomic mass is 32.1. The standard InChI is InChI=1S/C19H23F2N4O6PS/c1-11(25(10-26)9-13-8-23-12(2)24-18(13)22)16(6-7-31-32(28,29)30)33-19(27)17-14(20)4-3-5-15(17)21/h3-5,8,10,27,33H,6-7,9H2,1-2H3,(H2,22,23,24)(H2,28,29,30)/b16-11-. The molecule has 0 bridgehead atoms. The first-order valence-corrected chi connectivity index (χ1v) is 11.8. The van der Waals surface area contributed by atoms with Gasteiger partial charge in [-0.15, -0.1) is 11.4 Å². The molecule has 1 aromatic heterocycles. The van der Waals surface area contributed by atoms with Crippen molar-refractivity contribution in [2.75, 3.05) is 12.3 Å². The second-order valence-electron chi connectivity index (χ2n) is 6.70. The molecule has 0 saturated heterocycles. The number of amides is 1. The summed E-state index contributed by atoms with van der Waals surface area (Å²) in [5.74, 6) is -1.42. The Balaban J connectivity index is 2.48. The van der Waals surface area contributed by atoms with Crippen molar-refractivity contribution in [3.8, 4) is 0 Å². The summed E-state index contributed by atoms with van der Waals surface area (Å²) in [5.41, 5.74) is 5.87. The fourth-order valence-corrected chi connectivity index (χ4v) is 4.10. The number of benzene rings is 1. The van der Waals surface area contributed by atoms with E-state index in [2.05, 4.69) is 14.5 Å². The van der Waals surface area contributed by atoms with Gasteiger partial charge in [0.15, 0.2) is 0 Å². The summed E-state index contributed by atoms with van der Waals surface area (Å²) >= 11 is -0.105. The Labute approximate surface area is 191 Å². The minimum absolute atomic E-state index is 0.0609. The van der Waals surface area contributed by atoms with Crippen LogP contribution in [0.3, 0.4) is 0 Å². The number of rotatable bonds is 10. The number of nitrogens with two attached hydrogens (primary N) is 1. The zero-order valence-corrected chi connectivity index (χ0v) is 19.4. The Morgan fingerprint density at radius 1 is 1.33 bits per heavy atom. The first-order chi connectivity index (χ1) is 15.4. The maximum absolute atomic E-state index is 14.1. The number of aliphatic hydroxyl groups excluding tert-OH is 1. The molecule has 0 atom stereocenters. The van der Waals surface area contributed by atoms with Crippen molar-refractivity contribution in [1.82, 2.24) is 14.9 Å². The smallest absolute Gasteiger partial charge is 0.383 e. The lowest BCUT2D eigenvalue weighted by molar-refractivity contribution is -0.116. The number of aliphatic hydroxyl groups is 1. The van der Waals surface area contributed by atoms with E-state index in [4.69, 9.17) is 15.5 Å². The van der Waals surface area contributed by atoms with E-state index < -0.39 is 36.7 Å². The Kier molecular flexibility index (Phi) is 9.35. The molecular weight excluding hydrogens is 481 g/mol. The number of phosphoric acid groups is 1. The molecule has 2 aromatic rings. The van der Waals surface area contributed by atoms with Crippen LogP contribution in [0.1, 0.15) is 30.3 Å². The maximum atomic E-state index is 14.1. The zero-order valence-electron chi connectivity index (χ0n) is 17.6. The average molecular weight is 504 g/mol. The van der Waals surface area contributed by atoms with Gasteiger partial charge in [-0.3, -0.25) is 9.32 Å². The lowest BCUT2D eigenvalue weighted by Gasteiger charge is -2.22. The van der Waals surface area contributed by atoms with E-state index >= 15 is 0 Å². The van der Waals surface area contributed by atoms with Gasteiger partial charge in [-0.1, -0.05) is 6.07 Å². The van der Waals surface area contributed by atoms with Crippen LogP contribution in [0.15, 0.2) is 35.0 Å². The Morgan fingerprint density at radius 2 is 1.97 bits per heavy atom. The van der Waals surface area contributed by atoms with Crippen molar-refractivity contribution >= 4 is 36.5 Å². The number of carbonyl (C=O) groups is 1. The minimum atomic E-state index is -4.79. The Bertz CT molecular complexity index is 1120. The summed E-state index contributed by atoms with van der Waals surface area (Å²) in [6, 6.07) is 3.07. The molecular formula is C19H23F2N4O6PS. The molecule has 0 fully saturated rings. The molecule has 180 valence electrons. The first-order valence-electron chi connectivity index (χ1n) is 9.34. The van der Waals surface area contributed by atoms with E-state index in [-0.39, 0.29) is 40.7 Å². The molecule has 1 aromatic carbocycles. The molecule has 0 unspecified atom stereocenters. The molecule has 10 nitrogen and oxygen atoms in total. The van der Waals surface area contributed by atoms with Gasteiger partial charge in [0.25, 0.3) is 0 Å². The minimum Gasteiger partial charge on any atom is -0.383 e. The largest absolute Gasteiger partial charge is 0.469 e. The van der Waals surface area contributed by atoms with Gasteiger partial charge in [0.1, 0.15) is 28.3 Å². The summed E-state index contributed by atoms with van der Waals surface area (Å²) in [6.07, 6.45) is 1.73. The van der Waals surface area contributed by atoms with Crippen molar-refractivity contribution in [3.05, 3.63) is 63.6 Å². The molecule has 0 aliphatic carbocycles. The third-order valence-corrected chi connectivity index (χ3v) is 6.13. The highest BCUT2D eigenvalue weighted by Gasteiger charge is 2.18. The van der Waals surface area contributed by atoms with Gasteiger partial charge in [-0.05, 0) is 26.0 Å². The van der Waals surface area contributed by atoms with E-state index in [1.165, 1.54) is 18.0 Å².